The highest BCUT2D eigenvalue weighted by atomic mass is 35.5. The van der Waals surface area contributed by atoms with Gasteiger partial charge in [-0.25, -0.2) is 14.4 Å². The van der Waals surface area contributed by atoms with Crippen LogP contribution in [0.4, 0.5) is 5.69 Å². The van der Waals surface area contributed by atoms with E-state index < -0.39 is 0 Å². The lowest BCUT2D eigenvalue weighted by molar-refractivity contribution is 0.174. The first-order valence-corrected chi connectivity index (χ1v) is 14.0. The summed E-state index contributed by atoms with van der Waals surface area (Å²) in [6, 6.07) is 20.4. The van der Waals surface area contributed by atoms with Gasteiger partial charge in [0.15, 0.2) is 17.2 Å². The second-order valence-corrected chi connectivity index (χ2v) is 10.8. The Labute approximate surface area is 243 Å². The number of nitrogens with zero attached hydrogens (tertiary/aromatic N) is 5. The minimum atomic E-state index is -0.228. The summed E-state index contributed by atoms with van der Waals surface area (Å²) in [6.07, 6.45) is 0. The molecule has 0 unspecified atom stereocenters. The van der Waals surface area contributed by atoms with Gasteiger partial charge in [-0.1, -0.05) is 41.4 Å². The minimum Gasteiger partial charge on any atom is -0.454 e. The van der Waals surface area contributed by atoms with Crippen molar-refractivity contribution in [3.8, 4) is 28.4 Å². The molecule has 1 aliphatic heterocycles. The van der Waals surface area contributed by atoms with E-state index in [2.05, 4.69) is 0 Å². The molecule has 0 atom stereocenters. The van der Waals surface area contributed by atoms with Gasteiger partial charge in [0.1, 0.15) is 0 Å². The zero-order valence-electron chi connectivity index (χ0n) is 21.8. The van der Waals surface area contributed by atoms with Crippen molar-refractivity contribution < 1.29 is 9.47 Å². The molecule has 1 aliphatic rings. The highest BCUT2D eigenvalue weighted by molar-refractivity contribution is 7.07. The average molecular weight is 593 g/mol. The minimum absolute atomic E-state index is 0.188. The Morgan fingerprint density at radius 2 is 1.77 bits per heavy atom. The monoisotopic (exact) mass is 591 g/mol. The number of fused-ring (bicyclic) bond motifs is 1. The Kier molecular flexibility index (Phi) is 6.87. The molecule has 0 fully saturated rings. The molecule has 3 heterocycles. The van der Waals surface area contributed by atoms with Crippen LogP contribution in [0, 0.1) is 6.92 Å². The largest absolute Gasteiger partial charge is 0.454 e. The van der Waals surface area contributed by atoms with E-state index in [-0.39, 0.29) is 12.4 Å². The maximum Gasteiger partial charge on any atom is 0.297 e. The molecule has 0 bridgehead atoms. The molecule has 40 heavy (non-hydrogen) atoms. The Bertz CT molecular complexity index is 1920. The van der Waals surface area contributed by atoms with E-state index in [1.807, 2.05) is 80.9 Å². The molecule has 0 saturated carbocycles. The quantitative estimate of drug-likeness (QED) is 0.217. The van der Waals surface area contributed by atoms with Crippen LogP contribution >= 0.6 is 34.5 Å². The lowest BCUT2D eigenvalue weighted by Gasteiger charge is -2.08. The lowest BCUT2D eigenvalue weighted by Crippen LogP contribution is -2.20. The number of benzene rings is 3. The summed E-state index contributed by atoms with van der Waals surface area (Å²) < 4.78 is 16.1. The van der Waals surface area contributed by atoms with Gasteiger partial charge in [-0.2, -0.15) is 5.10 Å². The fraction of sp³-hybridized carbons (Fsp3) is 0.138. The first-order chi connectivity index (χ1) is 19.3. The summed E-state index contributed by atoms with van der Waals surface area (Å²) in [4.78, 5) is 19.0. The van der Waals surface area contributed by atoms with Crippen molar-refractivity contribution in [3.63, 3.8) is 0 Å². The van der Waals surface area contributed by atoms with Crippen LogP contribution in [0.15, 0.2) is 87.0 Å². The molecule has 8 nitrogen and oxygen atoms in total. The van der Waals surface area contributed by atoms with Crippen LogP contribution in [0.3, 0.4) is 0 Å². The van der Waals surface area contributed by atoms with Crippen molar-refractivity contribution in [1.29, 1.82) is 0 Å². The first-order valence-electron chi connectivity index (χ1n) is 12.3. The number of hydrogen-bond donors (Lipinski definition) is 0. The molecule has 2 aromatic heterocycles. The third-order valence-corrected chi connectivity index (χ3v) is 8.03. The van der Waals surface area contributed by atoms with Crippen LogP contribution in [-0.4, -0.2) is 26.5 Å². The zero-order valence-corrected chi connectivity index (χ0v) is 24.1. The third-order valence-electron chi connectivity index (χ3n) is 6.66. The first kappa shape index (κ1) is 26.2. The highest BCUT2D eigenvalue weighted by Crippen LogP contribution is 2.34. The van der Waals surface area contributed by atoms with Gasteiger partial charge in [-0.05, 0) is 62.4 Å². The smallest absolute Gasteiger partial charge is 0.297 e. The number of ether oxygens (including phenoxy) is 2. The summed E-state index contributed by atoms with van der Waals surface area (Å²) in [5.74, 6) is 1.35. The van der Waals surface area contributed by atoms with E-state index in [9.17, 15) is 4.79 Å². The van der Waals surface area contributed by atoms with Crippen molar-refractivity contribution in [1.82, 2.24) is 14.0 Å². The molecule has 6 rings (SSSR count). The van der Waals surface area contributed by atoms with Crippen LogP contribution in [0.25, 0.3) is 16.9 Å². The molecule has 0 spiro atoms. The Balaban J connectivity index is 1.55. The topological polar surface area (TPSA) is 75.0 Å². The van der Waals surface area contributed by atoms with Crippen molar-refractivity contribution in [2.45, 2.75) is 13.8 Å². The van der Waals surface area contributed by atoms with Crippen LogP contribution in [0.2, 0.25) is 10.0 Å². The Morgan fingerprint density at radius 3 is 2.55 bits per heavy atom. The van der Waals surface area contributed by atoms with Gasteiger partial charge in [0.25, 0.3) is 5.56 Å². The predicted octanol–water partition coefficient (Wildman–Crippen LogP) is 6.55. The summed E-state index contributed by atoms with van der Waals surface area (Å²) in [5, 5.41) is 7.86. The molecule has 0 N–H and O–H groups in total. The molecule has 3 aromatic carbocycles. The normalized spacial score (nSPS) is 13.3. The van der Waals surface area contributed by atoms with Crippen molar-refractivity contribution >= 4 is 45.9 Å². The second-order valence-electron chi connectivity index (χ2n) is 9.11. The maximum atomic E-state index is 13.6. The molecular formula is C29H23Cl2N5O3S. The van der Waals surface area contributed by atoms with Crippen LogP contribution < -0.4 is 19.8 Å². The number of thiazole rings is 1. The van der Waals surface area contributed by atoms with Crippen molar-refractivity contribution in [2.75, 3.05) is 6.79 Å². The molecule has 0 radical (unpaired) electrons. The van der Waals surface area contributed by atoms with E-state index in [1.54, 1.807) is 26.2 Å². The number of aromatic nitrogens is 3. The SMILES string of the molecule is CC(=Nn1c(-c2ccc(Cl)cc2Cl)csc1=Nc1c(C)n(C)n(-c2ccccc2)c1=O)c1ccc2c(c1)OCO2. The van der Waals surface area contributed by atoms with Crippen LogP contribution in [0.1, 0.15) is 18.2 Å². The highest BCUT2D eigenvalue weighted by Gasteiger charge is 2.19. The van der Waals surface area contributed by atoms with E-state index >= 15 is 0 Å². The number of para-hydroxylation sites is 1. The summed E-state index contributed by atoms with van der Waals surface area (Å²) >= 11 is 14.1. The Morgan fingerprint density at radius 1 is 1.00 bits per heavy atom. The van der Waals surface area contributed by atoms with E-state index in [0.717, 1.165) is 22.5 Å². The van der Waals surface area contributed by atoms with Gasteiger partial charge in [0.2, 0.25) is 11.6 Å². The third kappa shape index (κ3) is 4.66. The van der Waals surface area contributed by atoms with Gasteiger partial charge < -0.3 is 9.47 Å². The number of rotatable bonds is 5. The average Bonchev–Trinajstić information content (AvgIpc) is 3.63. The van der Waals surface area contributed by atoms with Gasteiger partial charge >= 0.3 is 0 Å². The molecule has 0 aliphatic carbocycles. The fourth-order valence-electron chi connectivity index (χ4n) is 4.46. The fourth-order valence-corrected chi connectivity index (χ4v) is 5.80. The number of hydrogen-bond acceptors (Lipinski definition) is 6. The van der Waals surface area contributed by atoms with Gasteiger partial charge in [0.05, 0.1) is 27.8 Å². The van der Waals surface area contributed by atoms with Gasteiger partial charge in [-0.15, -0.1) is 11.3 Å². The Hall–Kier alpha value is -4.05. The lowest BCUT2D eigenvalue weighted by atomic mass is 10.1. The molecule has 0 amide bonds. The molecule has 0 saturated heterocycles. The summed E-state index contributed by atoms with van der Waals surface area (Å²) in [5.41, 5.74) is 4.57. The standard InChI is InChI=1S/C29H23Cl2N5O3S/c1-17(19-9-12-25-26(13-19)39-16-38-25)33-35-24(22-11-10-20(30)14-23(22)31)15-40-29(35)32-27-18(2)34(3)36(28(27)37)21-7-5-4-6-8-21/h4-15H,16H2,1-3H3. The number of halogens is 2. The van der Waals surface area contributed by atoms with E-state index in [1.165, 1.54) is 11.3 Å². The van der Waals surface area contributed by atoms with Crippen molar-refractivity contribution in [2.24, 2.45) is 17.1 Å². The van der Waals surface area contributed by atoms with Crippen molar-refractivity contribution in [3.05, 3.63) is 109 Å². The molecule has 5 aromatic rings. The molecule has 11 heteroatoms. The van der Waals surface area contributed by atoms with Gasteiger partial charge in [-0.3, -0.25) is 9.48 Å². The second kappa shape index (κ2) is 10.5. The van der Waals surface area contributed by atoms with E-state index in [4.69, 9.17) is 42.8 Å². The van der Waals surface area contributed by atoms with Crippen LogP contribution in [0.5, 0.6) is 11.5 Å². The van der Waals surface area contributed by atoms with Gasteiger partial charge in [0, 0.05) is 28.6 Å². The van der Waals surface area contributed by atoms with E-state index in [0.29, 0.717) is 43.4 Å². The summed E-state index contributed by atoms with van der Waals surface area (Å²) in [6.45, 7) is 3.96. The predicted molar refractivity (Wildman–Crippen MR) is 159 cm³/mol. The van der Waals surface area contributed by atoms with Crippen LogP contribution in [-0.2, 0) is 7.05 Å². The molecule has 202 valence electrons. The molecular weight excluding hydrogens is 569 g/mol. The maximum absolute atomic E-state index is 13.6. The summed E-state index contributed by atoms with van der Waals surface area (Å²) in [7, 11) is 1.84. The zero-order chi connectivity index (χ0) is 28.0.